The topological polar surface area (TPSA) is 113 Å². The van der Waals surface area contributed by atoms with E-state index in [1.54, 1.807) is 0 Å². The third kappa shape index (κ3) is 3.85. The molecule has 2 aromatic carbocycles. The van der Waals surface area contributed by atoms with Crippen LogP contribution in [0, 0.1) is 0 Å². The molecule has 2 rings (SSSR count). The van der Waals surface area contributed by atoms with Crippen molar-refractivity contribution in [1.82, 2.24) is 0 Å². The van der Waals surface area contributed by atoms with Crippen LogP contribution in [0.2, 0.25) is 0 Å². The molecule has 0 saturated heterocycles. The van der Waals surface area contributed by atoms with Crippen molar-refractivity contribution in [3.05, 3.63) is 48.5 Å². The molecular weight excluding hydrogens is 298 g/mol. The first kappa shape index (κ1) is 16.0. The molecular formula is C16H15N3O4. The zero-order valence-corrected chi connectivity index (χ0v) is 12.3. The van der Waals surface area contributed by atoms with Crippen LogP contribution in [0.25, 0.3) is 0 Å². The van der Waals surface area contributed by atoms with E-state index < -0.39 is 17.7 Å². The van der Waals surface area contributed by atoms with Crippen LogP contribution in [-0.2, 0) is 14.4 Å². The number of imide groups is 1. The van der Waals surface area contributed by atoms with E-state index in [4.69, 9.17) is 5.73 Å². The number of nitrogen functional groups attached to an aromatic ring is 1. The molecule has 4 N–H and O–H groups in total. The summed E-state index contributed by atoms with van der Waals surface area (Å²) in [5, 5.41) is 11.6. The van der Waals surface area contributed by atoms with Crippen LogP contribution in [0.4, 0.5) is 17.1 Å². The van der Waals surface area contributed by atoms with Gasteiger partial charge in [0.05, 0.1) is 5.69 Å². The summed E-state index contributed by atoms with van der Waals surface area (Å²) in [4.78, 5) is 36.8. The number of carbonyl (C=O) groups excluding carboxylic acids is 3. The average Bonchev–Trinajstić information content (AvgIpc) is 2.51. The number of hydrogen-bond donors (Lipinski definition) is 3. The maximum Gasteiger partial charge on any atom is 0.323 e. The Morgan fingerprint density at radius 2 is 1.57 bits per heavy atom. The van der Waals surface area contributed by atoms with E-state index in [1.807, 2.05) is 0 Å². The van der Waals surface area contributed by atoms with Crippen LogP contribution < -0.4 is 16.0 Å². The van der Waals surface area contributed by atoms with Crippen molar-refractivity contribution in [3.8, 4) is 5.75 Å². The lowest BCUT2D eigenvalue weighted by Gasteiger charge is -2.18. The normalized spacial score (nSPS) is 9.96. The average molecular weight is 313 g/mol. The Hall–Kier alpha value is -3.35. The maximum atomic E-state index is 12.3. The molecule has 0 aromatic heterocycles. The Bertz CT molecular complexity index is 739. The summed E-state index contributed by atoms with van der Waals surface area (Å²) in [5.41, 5.74) is 6.60. The summed E-state index contributed by atoms with van der Waals surface area (Å²) in [7, 11) is 0. The Morgan fingerprint density at radius 1 is 1.00 bits per heavy atom. The molecule has 0 aliphatic rings. The number of nitrogens with zero attached hydrogens (tertiary/aromatic N) is 1. The number of amides is 3. The van der Waals surface area contributed by atoms with Gasteiger partial charge in [0.25, 0.3) is 0 Å². The van der Waals surface area contributed by atoms with Crippen LogP contribution in [0.15, 0.2) is 48.5 Å². The third-order valence-corrected chi connectivity index (χ3v) is 2.99. The van der Waals surface area contributed by atoms with E-state index in [-0.39, 0.29) is 11.4 Å². The number of nitrogens with one attached hydrogen (secondary N) is 1. The lowest BCUT2D eigenvalue weighted by molar-refractivity contribution is -0.136. The van der Waals surface area contributed by atoms with Crippen molar-refractivity contribution in [3.63, 3.8) is 0 Å². The van der Waals surface area contributed by atoms with E-state index in [0.29, 0.717) is 11.4 Å². The lowest BCUT2D eigenvalue weighted by Crippen LogP contribution is -2.42. The molecule has 0 saturated carbocycles. The SMILES string of the molecule is CC(=O)N(C(=O)C(=O)Nc1ccc(O)cc1)c1ccc(N)cc1. The van der Waals surface area contributed by atoms with Gasteiger partial charge >= 0.3 is 11.8 Å². The molecule has 0 bridgehead atoms. The van der Waals surface area contributed by atoms with Gasteiger partial charge in [0.2, 0.25) is 5.91 Å². The molecule has 23 heavy (non-hydrogen) atoms. The number of carbonyl (C=O) groups is 3. The van der Waals surface area contributed by atoms with Crippen LogP contribution >= 0.6 is 0 Å². The second-order valence-corrected chi connectivity index (χ2v) is 4.75. The van der Waals surface area contributed by atoms with Gasteiger partial charge in [-0.05, 0) is 48.5 Å². The number of anilines is 3. The minimum Gasteiger partial charge on any atom is -0.508 e. The minimum atomic E-state index is -1.02. The second kappa shape index (κ2) is 6.61. The van der Waals surface area contributed by atoms with Crippen LogP contribution in [0.5, 0.6) is 5.75 Å². The van der Waals surface area contributed by atoms with Gasteiger partial charge in [0, 0.05) is 18.3 Å². The Kier molecular flexibility index (Phi) is 4.61. The van der Waals surface area contributed by atoms with Crippen molar-refractivity contribution in [2.45, 2.75) is 6.92 Å². The highest BCUT2D eigenvalue weighted by atomic mass is 16.3. The van der Waals surface area contributed by atoms with E-state index in [2.05, 4.69) is 5.32 Å². The van der Waals surface area contributed by atoms with Crippen LogP contribution in [0.1, 0.15) is 6.92 Å². The zero-order valence-electron chi connectivity index (χ0n) is 12.3. The van der Waals surface area contributed by atoms with Gasteiger partial charge in [-0.2, -0.15) is 0 Å². The van der Waals surface area contributed by atoms with Gasteiger partial charge in [-0.1, -0.05) is 0 Å². The molecule has 118 valence electrons. The number of phenolic OH excluding ortho intramolecular Hbond substituents is 1. The standard InChI is InChI=1S/C16H15N3O4/c1-10(20)19(13-6-2-11(17)3-7-13)16(23)15(22)18-12-4-8-14(21)9-5-12/h2-9,21H,17H2,1H3,(H,18,22). The number of rotatable bonds is 2. The first-order valence-electron chi connectivity index (χ1n) is 6.69. The summed E-state index contributed by atoms with van der Waals surface area (Å²) in [6, 6.07) is 11.6. The highest BCUT2D eigenvalue weighted by molar-refractivity contribution is 6.48. The minimum absolute atomic E-state index is 0.0292. The van der Waals surface area contributed by atoms with Crippen molar-refractivity contribution >= 4 is 34.8 Å². The number of benzene rings is 2. The molecule has 3 amide bonds. The van der Waals surface area contributed by atoms with Crippen molar-refractivity contribution in [2.24, 2.45) is 0 Å². The first-order valence-corrected chi connectivity index (χ1v) is 6.69. The predicted octanol–water partition coefficient (Wildman–Crippen LogP) is 1.49. The fourth-order valence-electron chi connectivity index (χ4n) is 1.90. The molecule has 7 nitrogen and oxygen atoms in total. The molecule has 0 aliphatic heterocycles. The zero-order chi connectivity index (χ0) is 17.0. The molecule has 7 heteroatoms. The summed E-state index contributed by atoms with van der Waals surface area (Å²) < 4.78 is 0. The highest BCUT2D eigenvalue weighted by Crippen LogP contribution is 2.18. The Balaban J connectivity index is 2.20. The van der Waals surface area contributed by atoms with Gasteiger partial charge in [-0.25, -0.2) is 4.90 Å². The summed E-state index contributed by atoms with van der Waals surface area (Å²) in [5.74, 6) is -2.56. The van der Waals surface area contributed by atoms with E-state index >= 15 is 0 Å². The Labute approximate surface area is 132 Å². The summed E-state index contributed by atoms with van der Waals surface area (Å²) in [6.07, 6.45) is 0. The van der Waals surface area contributed by atoms with E-state index in [1.165, 1.54) is 55.5 Å². The Morgan fingerprint density at radius 3 is 2.09 bits per heavy atom. The predicted molar refractivity (Wildman–Crippen MR) is 85.8 cm³/mol. The van der Waals surface area contributed by atoms with Gasteiger partial charge in [0.15, 0.2) is 0 Å². The molecule has 0 heterocycles. The van der Waals surface area contributed by atoms with Crippen molar-refractivity contribution in [1.29, 1.82) is 0 Å². The lowest BCUT2D eigenvalue weighted by atomic mass is 10.2. The van der Waals surface area contributed by atoms with Gasteiger partial charge in [0.1, 0.15) is 5.75 Å². The molecule has 0 radical (unpaired) electrons. The van der Waals surface area contributed by atoms with Crippen LogP contribution in [0.3, 0.4) is 0 Å². The highest BCUT2D eigenvalue weighted by Gasteiger charge is 2.26. The van der Waals surface area contributed by atoms with Gasteiger partial charge in [-0.3, -0.25) is 14.4 Å². The summed E-state index contributed by atoms with van der Waals surface area (Å²) in [6.45, 7) is 1.18. The van der Waals surface area contributed by atoms with Gasteiger partial charge < -0.3 is 16.2 Å². The molecule has 0 atom stereocenters. The largest absolute Gasteiger partial charge is 0.508 e. The van der Waals surface area contributed by atoms with Crippen molar-refractivity contribution < 1.29 is 19.5 Å². The van der Waals surface area contributed by atoms with Crippen molar-refractivity contribution in [2.75, 3.05) is 16.0 Å². The smallest absolute Gasteiger partial charge is 0.323 e. The fraction of sp³-hybridized carbons (Fsp3) is 0.0625. The second-order valence-electron chi connectivity index (χ2n) is 4.75. The molecule has 0 fully saturated rings. The van der Waals surface area contributed by atoms with Crippen LogP contribution in [-0.4, -0.2) is 22.8 Å². The summed E-state index contributed by atoms with van der Waals surface area (Å²) >= 11 is 0. The maximum absolute atomic E-state index is 12.3. The molecule has 0 unspecified atom stereocenters. The molecule has 2 aromatic rings. The number of hydrogen-bond acceptors (Lipinski definition) is 5. The molecule has 0 aliphatic carbocycles. The van der Waals surface area contributed by atoms with Gasteiger partial charge in [-0.15, -0.1) is 0 Å². The number of nitrogens with two attached hydrogens (primary N) is 1. The number of phenols is 1. The first-order chi connectivity index (χ1) is 10.9. The number of aromatic hydroxyl groups is 1. The van der Waals surface area contributed by atoms with E-state index in [9.17, 15) is 19.5 Å². The van der Waals surface area contributed by atoms with E-state index in [0.717, 1.165) is 4.90 Å². The third-order valence-electron chi connectivity index (χ3n) is 2.99. The molecule has 0 spiro atoms. The fourth-order valence-corrected chi connectivity index (χ4v) is 1.90. The monoisotopic (exact) mass is 313 g/mol. The quantitative estimate of drug-likeness (QED) is 0.442.